The molecular formula is C18H19ClN2O4. The van der Waals surface area contributed by atoms with Crippen LogP contribution in [0.5, 0.6) is 5.75 Å². The van der Waals surface area contributed by atoms with Crippen LogP contribution < -0.4 is 10.1 Å². The molecule has 0 aliphatic rings. The molecule has 25 heavy (non-hydrogen) atoms. The molecule has 0 bridgehead atoms. The van der Waals surface area contributed by atoms with Crippen LogP contribution in [0.1, 0.15) is 18.1 Å². The van der Waals surface area contributed by atoms with Crippen molar-refractivity contribution in [2.45, 2.75) is 26.9 Å². The molecule has 0 spiro atoms. The highest BCUT2D eigenvalue weighted by Crippen LogP contribution is 2.19. The number of carbonyl (C=O) groups excluding carboxylic acids is 2. The molecule has 1 heterocycles. The number of rotatable bonds is 6. The molecule has 7 heteroatoms. The summed E-state index contributed by atoms with van der Waals surface area (Å²) < 4.78 is 10.5. The monoisotopic (exact) mass is 362 g/mol. The number of halogens is 1. The minimum Gasteiger partial charge on any atom is -0.482 e. The van der Waals surface area contributed by atoms with Crippen LogP contribution in [0.4, 0.5) is 5.69 Å². The molecular weight excluding hydrogens is 344 g/mol. The highest BCUT2D eigenvalue weighted by atomic mass is 35.5. The first-order chi connectivity index (χ1) is 11.9. The third-order valence-electron chi connectivity index (χ3n) is 3.37. The van der Waals surface area contributed by atoms with Crippen LogP contribution in [0, 0.1) is 13.8 Å². The minimum absolute atomic E-state index is 0.160. The van der Waals surface area contributed by atoms with E-state index in [0.29, 0.717) is 11.4 Å². The van der Waals surface area contributed by atoms with Gasteiger partial charge in [0.1, 0.15) is 5.75 Å². The first kappa shape index (κ1) is 18.7. The van der Waals surface area contributed by atoms with Crippen LogP contribution in [0.2, 0.25) is 5.15 Å². The van der Waals surface area contributed by atoms with Gasteiger partial charge in [0.15, 0.2) is 17.9 Å². The van der Waals surface area contributed by atoms with Crippen molar-refractivity contribution in [1.29, 1.82) is 0 Å². The zero-order chi connectivity index (χ0) is 18.4. The molecule has 132 valence electrons. The maximum absolute atomic E-state index is 12.1. The van der Waals surface area contributed by atoms with E-state index in [1.807, 2.05) is 26.0 Å². The Kier molecular flexibility index (Phi) is 6.36. The van der Waals surface area contributed by atoms with E-state index in [2.05, 4.69) is 10.3 Å². The Morgan fingerprint density at radius 1 is 1.28 bits per heavy atom. The zero-order valence-corrected chi connectivity index (χ0v) is 15.0. The third kappa shape index (κ3) is 5.46. The normalized spacial score (nSPS) is 11.5. The highest BCUT2D eigenvalue weighted by Gasteiger charge is 2.19. The molecule has 0 radical (unpaired) electrons. The molecule has 2 rings (SSSR count). The van der Waals surface area contributed by atoms with Gasteiger partial charge in [-0.2, -0.15) is 0 Å². The molecule has 2 aromatic rings. The van der Waals surface area contributed by atoms with E-state index in [4.69, 9.17) is 21.1 Å². The van der Waals surface area contributed by atoms with Gasteiger partial charge in [-0.1, -0.05) is 29.3 Å². The molecule has 6 nitrogen and oxygen atoms in total. The standard InChI is InChI=1S/C18H19ClN2O4/c1-11-6-7-15(12(2)9-11)24-10-16(22)25-13(3)18(23)21-14-5-4-8-20-17(14)19/h4-9,13H,10H2,1-3H3,(H,21,23)/t13-/m1/s1. The summed E-state index contributed by atoms with van der Waals surface area (Å²) >= 11 is 5.87. The van der Waals surface area contributed by atoms with Gasteiger partial charge in [-0.05, 0) is 44.5 Å². The van der Waals surface area contributed by atoms with E-state index in [1.165, 1.54) is 13.1 Å². The van der Waals surface area contributed by atoms with Gasteiger partial charge in [0.25, 0.3) is 5.91 Å². The number of nitrogens with one attached hydrogen (secondary N) is 1. The SMILES string of the molecule is Cc1ccc(OCC(=O)O[C@H](C)C(=O)Nc2cccnc2Cl)c(C)c1. The topological polar surface area (TPSA) is 77.5 Å². The van der Waals surface area contributed by atoms with Crippen LogP contribution in [-0.4, -0.2) is 29.6 Å². The van der Waals surface area contributed by atoms with Crippen LogP contribution in [0.15, 0.2) is 36.5 Å². The van der Waals surface area contributed by atoms with Gasteiger partial charge >= 0.3 is 5.97 Å². The molecule has 1 N–H and O–H groups in total. The summed E-state index contributed by atoms with van der Waals surface area (Å²) in [5, 5.41) is 2.71. The molecule has 0 aliphatic carbocycles. The van der Waals surface area contributed by atoms with Crippen LogP contribution in [0.3, 0.4) is 0 Å². The van der Waals surface area contributed by atoms with Crippen molar-refractivity contribution in [3.63, 3.8) is 0 Å². The van der Waals surface area contributed by atoms with Gasteiger partial charge in [0.05, 0.1) is 5.69 Å². The van der Waals surface area contributed by atoms with Gasteiger partial charge in [-0.3, -0.25) is 4.79 Å². The summed E-state index contributed by atoms with van der Waals surface area (Å²) in [6, 6.07) is 8.87. The smallest absolute Gasteiger partial charge is 0.344 e. The fourth-order valence-corrected chi connectivity index (χ4v) is 2.26. The second-order valence-electron chi connectivity index (χ2n) is 5.52. The number of esters is 1. The molecule has 0 unspecified atom stereocenters. The number of aryl methyl sites for hydroxylation is 2. The number of aromatic nitrogens is 1. The lowest BCUT2D eigenvalue weighted by Crippen LogP contribution is -2.31. The number of amides is 1. The minimum atomic E-state index is -0.994. The Balaban J connectivity index is 1.85. The number of carbonyl (C=O) groups is 2. The summed E-state index contributed by atoms with van der Waals surface area (Å²) in [6.45, 7) is 5.05. The Labute approximate surface area is 151 Å². The fraction of sp³-hybridized carbons (Fsp3) is 0.278. The third-order valence-corrected chi connectivity index (χ3v) is 3.67. The summed E-state index contributed by atoms with van der Waals surface area (Å²) in [5.41, 5.74) is 2.38. The molecule has 0 aliphatic heterocycles. The summed E-state index contributed by atoms with van der Waals surface area (Å²) in [7, 11) is 0. The summed E-state index contributed by atoms with van der Waals surface area (Å²) in [5.74, 6) is -0.545. The average Bonchev–Trinajstić information content (AvgIpc) is 2.56. The average molecular weight is 363 g/mol. The Morgan fingerprint density at radius 3 is 2.72 bits per heavy atom. The largest absolute Gasteiger partial charge is 0.482 e. The van der Waals surface area contributed by atoms with Crippen molar-refractivity contribution in [3.8, 4) is 5.75 Å². The zero-order valence-electron chi connectivity index (χ0n) is 14.2. The van der Waals surface area contributed by atoms with Crippen molar-refractivity contribution in [2.24, 2.45) is 0 Å². The van der Waals surface area contributed by atoms with Gasteiger partial charge in [-0.15, -0.1) is 0 Å². The number of hydrogen-bond acceptors (Lipinski definition) is 5. The maximum atomic E-state index is 12.1. The van der Waals surface area contributed by atoms with Crippen molar-refractivity contribution < 1.29 is 19.1 Å². The number of anilines is 1. The van der Waals surface area contributed by atoms with Crippen LogP contribution in [-0.2, 0) is 14.3 Å². The molecule has 0 saturated carbocycles. The van der Waals surface area contributed by atoms with E-state index >= 15 is 0 Å². The van der Waals surface area contributed by atoms with Crippen molar-refractivity contribution in [2.75, 3.05) is 11.9 Å². The van der Waals surface area contributed by atoms with E-state index in [-0.39, 0.29) is 11.8 Å². The van der Waals surface area contributed by atoms with Gasteiger partial charge in [-0.25, -0.2) is 9.78 Å². The number of benzene rings is 1. The maximum Gasteiger partial charge on any atom is 0.344 e. The Morgan fingerprint density at radius 2 is 2.04 bits per heavy atom. The number of nitrogens with zero attached hydrogens (tertiary/aromatic N) is 1. The Hall–Kier alpha value is -2.60. The lowest BCUT2D eigenvalue weighted by molar-refractivity contribution is -0.155. The molecule has 0 fully saturated rings. The quantitative estimate of drug-likeness (QED) is 0.630. The van der Waals surface area contributed by atoms with Crippen LogP contribution in [0.25, 0.3) is 0 Å². The molecule has 1 amide bonds. The predicted molar refractivity (Wildman–Crippen MR) is 94.8 cm³/mol. The van der Waals surface area contributed by atoms with Gasteiger partial charge < -0.3 is 14.8 Å². The van der Waals surface area contributed by atoms with Gasteiger partial charge in [0.2, 0.25) is 0 Å². The fourth-order valence-electron chi connectivity index (χ4n) is 2.10. The van der Waals surface area contributed by atoms with E-state index < -0.39 is 18.0 Å². The highest BCUT2D eigenvalue weighted by molar-refractivity contribution is 6.32. The number of hydrogen-bond donors (Lipinski definition) is 1. The molecule has 1 atom stereocenters. The van der Waals surface area contributed by atoms with E-state index in [9.17, 15) is 9.59 Å². The van der Waals surface area contributed by atoms with Crippen molar-refractivity contribution in [3.05, 3.63) is 52.8 Å². The van der Waals surface area contributed by atoms with Crippen molar-refractivity contribution in [1.82, 2.24) is 4.98 Å². The van der Waals surface area contributed by atoms with E-state index in [1.54, 1.807) is 18.2 Å². The summed E-state index contributed by atoms with van der Waals surface area (Å²) in [6.07, 6.45) is 0.512. The second kappa shape index (κ2) is 8.48. The van der Waals surface area contributed by atoms with Crippen LogP contribution >= 0.6 is 11.6 Å². The van der Waals surface area contributed by atoms with Crippen molar-refractivity contribution >= 4 is 29.2 Å². The molecule has 1 aromatic heterocycles. The Bertz CT molecular complexity index is 779. The predicted octanol–water partition coefficient (Wildman–Crippen LogP) is 3.30. The molecule has 0 saturated heterocycles. The lowest BCUT2D eigenvalue weighted by Gasteiger charge is -2.14. The number of pyridine rings is 1. The first-order valence-corrected chi connectivity index (χ1v) is 8.05. The summed E-state index contributed by atoms with van der Waals surface area (Å²) in [4.78, 5) is 27.8. The van der Waals surface area contributed by atoms with E-state index in [0.717, 1.165) is 11.1 Å². The lowest BCUT2D eigenvalue weighted by atomic mass is 10.1. The second-order valence-corrected chi connectivity index (χ2v) is 5.88. The first-order valence-electron chi connectivity index (χ1n) is 7.67. The number of ether oxygens (including phenoxy) is 2. The van der Waals surface area contributed by atoms with Gasteiger partial charge in [0, 0.05) is 6.20 Å². The molecule has 1 aromatic carbocycles.